The molecule has 0 aliphatic carbocycles. The van der Waals surface area contributed by atoms with Crippen molar-refractivity contribution in [2.75, 3.05) is 32.0 Å². The van der Waals surface area contributed by atoms with Crippen LogP contribution in [0.4, 0.5) is 26.0 Å². The maximum Gasteiger partial charge on any atom is 0.322 e. The third-order valence-corrected chi connectivity index (χ3v) is 3.74. The molecule has 0 aliphatic rings. The summed E-state index contributed by atoms with van der Waals surface area (Å²) in [5, 5.41) is 15.6. The number of nitrogens with two attached hydrogens (primary N) is 1. The van der Waals surface area contributed by atoms with Crippen molar-refractivity contribution in [2.45, 2.75) is 19.8 Å². The lowest BCUT2D eigenvalue weighted by Gasteiger charge is -2.18. The Morgan fingerprint density at radius 2 is 2.13 bits per heavy atom. The number of azo groups is 1. The molecule has 12 heteroatoms. The Morgan fingerprint density at radius 3 is 2.83 bits per heavy atom. The predicted molar refractivity (Wildman–Crippen MR) is 102 cm³/mol. The molecule has 3 N–H and O–H groups in total. The smallest absolute Gasteiger partial charge is 0.322 e. The van der Waals surface area contributed by atoms with Gasteiger partial charge in [0.15, 0.2) is 23.1 Å². The van der Waals surface area contributed by atoms with Crippen LogP contribution in [0.3, 0.4) is 0 Å². The lowest BCUT2D eigenvalue weighted by molar-refractivity contribution is -0.179. The van der Waals surface area contributed by atoms with Crippen LogP contribution in [0.5, 0.6) is 0 Å². The monoisotopic (exact) mass is 424 g/mol. The number of carbonyl (C=O) groups excluding carboxylic acids is 2. The van der Waals surface area contributed by atoms with Crippen LogP contribution < -0.4 is 5.73 Å². The Balaban J connectivity index is 1.91. The van der Waals surface area contributed by atoms with Crippen molar-refractivity contribution in [3.63, 3.8) is 0 Å². The van der Waals surface area contributed by atoms with Gasteiger partial charge in [0.1, 0.15) is 12.8 Å². The van der Waals surface area contributed by atoms with E-state index >= 15 is 0 Å². The van der Waals surface area contributed by atoms with Gasteiger partial charge in [0.05, 0.1) is 31.1 Å². The average molecular weight is 424 g/mol. The van der Waals surface area contributed by atoms with Gasteiger partial charge in [0.2, 0.25) is 0 Å². The molecule has 10 nitrogen and oxygen atoms in total. The summed E-state index contributed by atoms with van der Waals surface area (Å²) in [5.74, 6) is -2.42. The highest BCUT2D eigenvalue weighted by Crippen LogP contribution is 2.28. The number of benzene rings is 1. The second-order valence-corrected chi connectivity index (χ2v) is 5.97. The number of halogens is 2. The number of aryl methyl sites for hydroxylation is 1. The number of nitrogens with one attached hydrogen (secondary N) is 1. The summed E-state index contributed by atoms with van der Waals surface area (Å²) in [7, 11) is 0. The van der Waals surface area contributed by atoms with Crippen molar-refractivity contribution in [3.05, 3.63) is 35.5 Å². The molecule has 30 heavy (non-hydrogen) atoms. The van der Waals surface area contributed by atoms with Crippen LogP contribution in [-0.4, -0.2) is 53.8 Å². The Bertz CT molecular complexity index is 890. The fraction of sp³-hybridized carbons (Fsp3) is 0.389. The van der Waals surface area contributed by atoms with E-state index in [2.05, 4.69) is 20.4 Å². The summed E-state index contributed by atoms with van der Waals surface area (Å²) in [5.41, 5.74) is 6.73. The number of hydrogen-bond acceptors (Lipinski definition) is 9. The first-order chi connectivity index (χ1) is 14.4. The van der Waals surface area contributed by atoms with E-state index in [1.807, 2.05) is 0 Å². The molecule has 162 valence electrons. The number of aromatic nitrogens is 2. The molecule has 2 rings (SSSR count). The highest BCUT2D eigenvalue weighted by atomic mass is 19.2. The molecule has 0 saturated heterocycles. The second-order valence-electron chi connectivity index (χ2n) is 5.97. The van der Waals surface area contributed by atoms with Crippen molar-refractivity contribution in [1.82, 2.24) is 15.3 Å². The number of H-pyrrole nitrogens is 1. The summed E-state index contributed by atoms with van der Waals surface area (Å²) >= 11 is 0. The minimum atomic E-state index is -1.04. The molecule has 0 bridgehead atoms. The van der Waals surface area contributed by atoms with Gasteiger partial charge in [-0.1, -0.05) is 0 Å². The number of ether oxygens (including phenoxy) is 1. The zero-order valence-electron chi connectivity index (χ0n) is 16.3. The van der Waals surface area contributed by atoms with Gasteiger partial charge in [0, 0.05) is 6.07 Å². The highest BCUT2D eigenvalue weighted by Gasteiger charge is 2.14. The molecule has 0 aliphatic heterocycles. The lowest BCUT2D eigenvalue weighted by atomic mass is 10.2. The van der Waals surface area contributed by atoms with Crippen molar-refractivity contribution in [3.8, 4) is 0 Å². The number of nitrogen functional groups attached to an aromatic ring is 1. The molecule has 1 heterocycles. The fourth-order valence-corrected chi connectivity index (χ4v) is 2.37. The number of nitrogens with zero attached hydrogens (tertiary/aromatic N) is 4. The fourth-order valence-electron chi connectivity index (χ4n) is 2.37. The molecule has 0 radical (unpaired) electrons. The van der Waals surface area contributed by atoms with Gasteiger partial charge < -0.3 is 15.3 Å². The zero-order valence-corrected chi connectivity index (χ0v) is 16.3. The number of anilines is 1. The minimum Gasteiger partial charge on any atom is -0.465 e. The number of esters is 1. The van der Waals surface area contributed by atoms with E-state index < -0.39 is 17.6 Å². The Hall–Kier alpha value is -3.25. The number of hydrogen-bond donors (Lipinski definition) is 2. The normalized spacial score (nSPS) is 11.3. The summed E-state index contributed by atoms with van der Waals surface area (Å²) < 4.78 is 31.1. The molecule has 0 atom stereocenters. The summed E-state index contributed by atoms with van der Waals surface area (Å²) in [4.78, 5) is 27.6. The molecule has 1 aromatic heterocycles. The van der Waals surface area contributed by atoms with E-state index in [9.17, 15) is 18.4 Å². The van der Waals surface area contributed by atoms with E-state index in [4.69, 9.17) is 15.3 Å². The first-order valence-electron chi connectivity index (χ1n) is 9.11. The van der Waals surface area contributed by atoms with E-state index in [0.717, 1.165) is 12.1 Å². The molecule has 0 saturated carbocycles. The van der Waals surface area contributed by atoms with Gasteiger partial charge >= 0.3 is 5.97 Å². The van der Waals surface area contributed by atoms with Gasteiger partial charge in [0.25, 0.3) is 0 Å². The van der Waals surface area contributed by atoms with Crippen LogP contribution in [0.1, 0.15) is 19.0 Å². The summed E-state index contributed by atoms with van der Waals surface area (Å²) in [6, 6.07) is 3.13. The van der Waals surface area contributed by atoms with Crippen LogP contribution in [-0.2, 0) is 25.6 Å². The van der Waals surface area contributed by atoms with Crippen molar-refractivity contribution in [2.24, 2.45) is 10.2 Å². The molecule has 2 aromatic rings. The SMILES string of the molecule is CCOC(=O)CN(CC=O)OCCCc1[nH]nc(N)c1N=Nc1ccc(F)c(F)c1. The first kappa shape index (κ1) is 23.0. The lowest BCUT2D eigenvalue weighted by Crippen LogP contribution is -2.33. The van der Waals surface area contributed by atoms with Crippen molar-refractivity contribution in [1.29, 1.82) is 0 Å². The number of carbonyl (C=O) groups is 2. The van der Waals surface area contributed by atoms with Gasteiger partial charge in [-0.2, -0.15) is 15.3 Å². The third-order valence-electron chi connectivity index (χ3n) is 3.74. The second kappa shape index (κ2) is 11.7. The summed E-state index contributed by atoms with van der Waals surface area (Å²) in [6.07, 6.45) is 1.52. The highest BCUT2D eigenvalue weighted by molar-refractivity contribution is 5.71. The third kappa shape index (κ3) is 6.97. The molecule has 0 spiro atoms. The van der Waals surface area contributed by atoms with Gasteiger partial charge in [-0.3, -0.25) is 14.7 Å². The van der Waals surface area contributed by atoms with E-state index in [1.165, 1.54) is 11.1 Å². The van der Waals surface area contributed by atoms with Crippen LogP contribution in [0.2, 0.25) is 0 Å². The number of aldehydes is 1. The van der Waals surface area contributed by atoms with Crippen LogP contribution in [0.25, 0.3) is 0 Å². The molecule has 0 fully saturated rings. The van der Waals surface area contributed by atoms with Crippen LogP contribution in [0, 0.1) is 11.6 Å². The Labute approximate surface area is 171 Å². The molecular formula is C18H22F2N6O4. The average Bonchev–Trinajstić information content (AvgIpc) is 3.06. The largest absolute Gasteiger partial charge is 0.465 e. The predicted octanol–water partition coefficient (Wildman–Crippen LogP) is 2.61. The Morgan fingerprint density at radius 1 is 1.33 bits per heavy atom. The number of aromatic amines is 1. The van der Waals surface area contributed by atoms with Crippen molar-refractivity contribution >= 4 is 29.4 Å². The zero-order chi connectivity index (χ0) is 21.9. The van der Waals surface area contributed by atoms with E-state index in [1.54, 1.807) is 6.92 Å². The van der Waals surface area contributed by atoms with Crippen molar-refractivity contribution < 1.29 is 27.9 Å². The number of rotatable bonds is 12. The topological polar surface area (TPSA) is 135 Å². The molecule has 0 amide bonds. The van der Waals surface area contributed by atoms with E-state index in [-0.39, 0.29) is 43.5 Å². The van der Waals surface area contributed by atoms with E-state index in [0.29, 0.717) is 24.8 Å². The minimum absolute atomic E-state index is 0.0798. The maximum absolute atomic E-state index is 13.3. The molecular weight excluding hydrogens is 402 g/mol. The molecule has 1 aromatic carbocycles. The van der Waals surface area contributed by atoms with Gasteiger partial charge in [-0.25, -0.2) is 8.78 Å². The maximum atomic E-state index is 13.3. The van der Waals surface area contributed by atoms with Gasteiger partial charge in [-0.05, 0) is 31.9 Å². The Kier molecular flexibility index (Phi) is 8.97. The summed E-state index contributed by atoms with van der Waals surface area (Å²) in [6.45, 7) is 1.87. The first-order valence-corrected chi connectivity index (χ1v) is 9.11. The number of hydroxylamine groups is 2. The quantitative estimate of drug-likeness (QED) is 0.176. The van der Waals surface area contributed by atoms with Crippen LogP contribution in [0.15, 0.2) is 28.4 Å². The standard InChI is InChI=1S/C18H22F2N6O4/c1-2-29-16(28)11-26(7-8-27)30-9-3-4-15-17(18(21)25-23-15)24-22-12-5-6-13(19)14(20)10-12/h5-6,8,10H,2-4,7,9,11H2,1H3,(H3,21,23,25). The molecule has 0 unspecified atom stereocenters. The van der Waals surface area contributed by atoms with Gasteiger partial charge in [-0.15, -0.1) is 5.11 Å². The van der Waals surface area contributed by atoms with Crippen LogP contribution >= 0.6 is 0 Å².